The lowest BCUT2D eigenvalue weighted by molar-refractivity contribution is -0.150. The van der Waals surface area contributed by atoms with Gasteiger partial charge in [-0.1, -0.05) is 0 Å². The Bertz CT molecular complexity index is 969. The third-order valence-electron chi connectivity index (χ3n) is 7.10. The zero-order chi connectivity index (χ0) is 35.2. The molecule has 262 valence electrons. The van der Waals surface area contributed by atoms with Crippen molar-refractivity contribution < 1.29 is 38.2 Å². The maximum atomic E-state index is 12.7. The van der Waals surface area contributed by atoms with Gasteiger partial charge >= 0.3 is 11.9 Å². The van der Waals surface area contributed by atoms with E-state index in [-0.39, 0.29) is 101 Å². The number of ether oxygens (including phenoxy) is 2. The highest BCUT2D eigenvalue weighted by atomic mass is 32.1. The Hall–Kier alpha value is -0.940. The third kappa shape index (κ3) is 18.6. The average molecular weight is 757 g/mol. The fraction of sp³-hybridized carbons (Fsp3) is 0.733. The number of carbonyl (C=O) groups excluding carboxylic acids is 6. The monoisotopic (exact) mass is 756 g/mol. The average Bonchev–Trinajstić information content (AvgIpc) is 3.05. The summed E-state index contributed by atoms with van der Waals surface area (Å²) in [5, 5.41) is 14.2. The van der Waals surface area contributed by atoms with Crippen molar-refractivity contribution in [3.8, 4) is 0 Å². The fourth-order valence-corrected chi connectivity index (χ4v) is 5.49. The minimum Gasteiger partial charge on any atom is -0.466 e. The largest absolute Gasteiger partial charge is 0.466 e. The summed E-state index contributed by atoms with van der Waals surface area (Å²) in [6.45, 7) is -0.0671. The summed E-state index contributed by atoms with van der Waals surface area (Å²) in [6.07, 6.45) is 4.75. The van der Waals surface area contributed by atoms with Crippen LogP contribution in [0.1, 0.15) is 89.9 Å². The molecular weight excluding hydrogens is 709 g/mol. The molecule has 2 N–H and O–H groups in total. The standard InChI is InChI=1S/C30H48N2O8S6/c31-19-29(45,25(35)9-7-23(43)21(33)5-1-17-41)13-3-15-39-27(37)11-12-28(38)40-16-4-14-30(46,20-32)26(36)10-8-24(44)22(34)6-2-18-42/h19-20,23-24,31-32,41-46H,1-18H2. The van der Waals surface area contributed by atoms with Crippen LogP contribution in [-0.4, -0.2) is 92.2 Å². The number of carbonyl (C=O) groups is 6. The van der Waals surface area contributed by atoms with E-state index in [1.807, 2.05) is 0 Å². The van der Waals surface area contributed by atoms with E-state index in [9.17, 15) is 28.8 Å². The number of Topliss-reactive ketones (excluding diaryl/α,β-unsaturated/α-hetero) is 4. The first-order valence-electron chi connectivity index (χ1n) is 15.2. The number of thiol groups is 6. The fourth-order valence-electron chi connectivity index (χ4n) is 4.12. The highest BCUT2D eigenvalue weighted by molar-refractivity contribution is 7.84. The number of rotatable bonds is 29. The van der Waals surface area contributed by atoms with Gasteiger partial charge < -0.3 is 20.3 Å². The molecule has 0 aromatic rings. The Morgan fingerprint density at radius 3 is 1.24 bits per heavy atom. The molecule has 0 radical (unpaired) electrons. The van der Waals surface area contributed by atoms with Gasteiger partial charge in [-0.15, -0.1) is 0 Å². The maximum Gasteiger partial charge on any atom is 0.306 e. The molecule has 0 aromatic heterocycles. The molecule has 4 atom stereocenters. The van der Waals surface area contributed by atoms with Crippen LogP contribution >= 0.6 is 75.8 Å². The summed E-state index contributed by atoms with van der Waals surface area (Å²) in [7, 11) is 0. The smallest absolute Gasteiger partial charge is 0.306 e. The second-order valence-electron chi connectivity index (χ2n) is 10.8. The van der Waals surface area contributed by atoms with Crippen molar-refractivity contribution in [2.24, 2.45) is 0 Å². The van der Waals surface area contributed by atoms with Crippen LogP contribution in [0.5, 0.6) is 0 Å². The predicted octanol–water partition coefficient (Wildman–Crippen LogP) is 4.90. The molecule has 0 aliphatic heterocycles. The van der Waals surface area contributed by atoms with Crippen LogP contribution in [0, 0.1) is 10.8 Å². The van der Waals surface area contributed by atoms with Gasteiger partial charge in [0.2, 0.25) is 0 Å². The summed E-state index contributed by atoms with van der Waals surface area (Å²) in [5.74, 6) is -0.834. The molecule has 0 aromatic carbocycles. The van der Waals surface area contributed by atoms with Crippen molar-refractivity contribution in [2.75, 3.05) is 24.7 Å². The van der Waals surface area contributed by atoms with Crippen molar-refractivity contribution in [3.05, 3.63) is 0 Å². The van der Waals surface area contributed by atoms with E-state index in [2.05, 4.69) is 75.8 Å². The van der Waals surface area contributed by atoms with Gasteiger partial charge in [0.1, 0.15) is 21.1 Å². The Morgan fingerprint density at radius 1 is 0.587 bits per heavy atom. The summed E-state index contributed by atoms with van der Waals surface area (Å²) in [5.41, 5.74) is 0. The number of hydrogen-bond acceptors (Lipinski definition) is 16. The molecule has 4 unspecified atom stereocenters. The highest BCUT2D eigenvalue weighted by Crippen LogP contribution is 2.25. The first-order chi connectivity index (χ1) is 21.7. The van der Waals surface area contributed by atoms with E-state index in [1.165, 1.54) is 0 Å². The Labute approximate surface area is 305 Å². The lowest BCUT2D eigenvalue weighted by atomic mass is 9.94. The maximum absolute atomic E-state index is 12.7. The van der Waals surface area contributed by atoms with Gasteiger partial charge in [0.05, 0.1) is 36.6 Å². The number of nitrogens with one attached hydrogen (secondary N) is 2. The minimum atomic E-state index is -1.36. The molecule has 0 fully saturated rings. The third-order valence-corrected chi connectivity index (χ3v) is 10.0. The van der Waals surface area contributed by atoms with Crippen molar-refractivity contribution in [1.82, 2.24) is 0 Å². The van der Waals surface area contributed by atoms with E-state index >= 15 is 0 Å². The second-order valence-corrected chi connectivity index (χ2v) is 14.6. The Morgan fingerprint density at radius 2 is 0.935 bits per heavy atom. The van der Waals surface area contributed by atoms with Gasteiger partial charge in [0, 0.05) is 38.1 Å². The van der Waals surface area contributed by atoms with Crippen molar-refractivity contribution >= 4 is 123 Å². The number of esters is 2. The van der Waals surface area contributed by atoms with Crippen LogP contribution in [0.2, 0.25) is 0 Å². The molecule has 0 amide bonds. The first-order valence-corrected chi connectivity index (χ1v) is 18.4. The second kappa shape index (κ2) is 25.1. The topological polar surface area (TPSA) is 169 Å². The lowest BCUT2D eigenvalue weighted by Gasteiger charge is -2.23. The Kier molecular flexibility index (Phi) is 24.6. The molecule has 0 saturated carbocycles. The van der Waals surface area contributed by atoms with Crippen molar-refractivity contribution in [2.45, 2.75) is 110 Å². The molecule has 0 aliphatic carbocycles. The number of ketones is 4. The van der Waals surface area contributed by atoms with Crippen molar-refractivity contribution in [3.63, 3.8) is 0 Å². The highest BCUT2D eigenvalue weighted by Gasteiger charge is 2.33. The quantitative estimate of drug-likeness (QED) is 0.0231. The van der Waals surface area contributed by atoms with Gasteiger partial charge in [-0.3, -0.25) is 28.8 Å². The van der Waals surface area contributed by atoms with Gasteiger partial charge in [0.25, 0.3) is 0 Å². The summed E-state index contributed by atoms with van der Waals surface area (Å²) in [4.78, 5) is 73.5. The van der Waals surface area contributed by atoms with Crippen LogP contribution < -0.4 is 0 Å². The van der Waals surface area contributed by atoms with E-state index < -0.39 is 31.9 Å². The van der Waals surface area contributed by atoms with E-state index in [4.69, 9.17) is 20.3 Å². The number of hydrogen-bond donors (Lipinski definition) is 8. The molecule has 0 heterocycles. The molecular formula is C30H48N2O8S6. The zero-order valence-electron chi connectivity index (χ0n) is 26.0. The van der Waals surface area contributed by atoms with E-state index in [0.717, 1.165) is 12.4 Å². The summed E-state index contributed by atoms with van der Waals surface area (Å²) >= 11 is 25.4. The molecule has 0 rings (SSSR count). The van der Waals surface area contributed by atoms with Crippen LogP contribution in [0.4, 0.5) is 0 Å². The van der Waals surface area contributed by atoms with Crippen molar-refractivity contribution in [1.29, 1.82) is 10.8 Å². The minimum absolute atomic E-state index is 0.0318. The Balaban J connectivity index is 4.37. The molecule has 0 bridgehead atoms. The molecule has 0 saturated heterocycles. The van der Waals surface area contributed by atoms with Crippen LogP contribution in [0.25, 0.3) is 0 Å². The van der Waals surface area contributed by atoms with E-state index in [1.54, 1.807) is 0 Å². The molecule has 10 nitrogen and oxygen atoms in total. The van der Waals surface area contributed by atoms with Gasteiger partial charge in [-0.2, -0.15) is 75.8 Å². The van der Waals surface area contributed by atoms with E-state index in [0.29, 0.717) is 37.2 Å². The first kappa shape index (κ1) is 45.1. The van der Waals surface area contributed by atoms with Crippen LogP contribution in [0.3, 0.4) is 0 Å². The molecule has 16 heteroatoms. The molecule has 0 aliphatic rings. The molecule has 46 heavy (non-hydrogen) atoms. The predicted molar refractivity (Wildman–Crippen MR) is 201 cm³/mol. The zero-order valence-corrected chi connectivity index (χ0v) is 31.4. The van der Waals surface area contributed by atoms with Gasteiger partial charge in [0.15, 0.2) is 11.6 Å². The SMILES string of the molecule is N=CC(S)(CCCOC(=O)CCC(=O)OCCCC(S)(C=N)C(=O)CCC(S)C(=O)CCCS)C(=O)CCC(S)C(=O)CCCS. The normalized spacial score (nSPS) is 15.0. The van der Waals surface area contributed by atoms with Gasteiger partial charge in [-0.05, 0) is 62.9 Å². The molecule has 0 spiro atoms. The van der Waals surface area contributed by atoms with Crippen LogP contribution in [-0.2, 0) is 38.2 Å². The van der Waals surface area contributed by atoms with Gasteiger partial charge in [-0.25, -0.2) is 0 Å². The summed E-state index contributed by atoms with van der Waals surface area (Å²) < 4.78 is 7.55. The van der Waals surface area contributed by atoms with Crippen LogP contribution in [0.15, 0.2) is 0 Å². The summed E-state index contributed by atoms with van der Waals surface area (Å²) in [6, 6.07) is 0. The lowest BCUT2D eigenvalue weighted by Crippen LogP contribution is -2.35.